The van der Waals surface area contributed by atoms with Crippen LogP contribution in [0, 0.1) is 5.41 Å². The molecule has 0 spiro atoms. The lowest BCUT2D eigenvalue weighted by atomic mass is 9.75. The first-order valence-corrected chi connectivity index (χ1v) is 14.0. The second-order valence-electron chi connectivity index (χ2n) is 11.2. The van der Waals surface area contributed by atoms with Crippen LogP contribution in [0.1, 0.15) is 61.8 Å². The molecule has 0 saturated heterocycles. The number of amides is 1. The highest BCUT2D eigenvalue weighted by Gasteiger charge is 2.34. The third-order valence-corrected chi connectivity index (χ3v) is 8.17. The smallest absolute Gasteiger partial charge is 0.230 e. The van der Waals surface area contributed by atoms with Crippen molar-refractivity contribution in [3.8, 4) is 11.1 Å². The van der Waals surface area contributed by atoms with Crippen molar-refractivity contribution in [3.05, 3.63) is 89.5 Å². The van der Waals surface area contributed by atoms with Crippen LogP contribution in [0.5, 0.6) is 0 Å². The Kier molecular flexibility index (Phi) is 5.96. The van der Waals surface area contributed by atoms with Crippen molar-refractivity contribution < 1.29 is 4.79 Å². The number of aromatic amines is 2. The van der Waals surface area contributed by atoms with E-state index in [4.69, 9.17) is 9.97 Å². The van der Waals surface area contributed by atoms with E-state index in [0.29, 0.717) is 0 Å². The van der Waals surface area contributed by atoms with Crippen molar-refractivity contribution in [3.63, 3.8) is 0 Å². The molecule has 6 nitrogen and oxygen atoms in total. The lowest BCUT2D eigenvalue weighted by molar-refractivity contribution is -0.126. The van der Waals surface area contributed by atoms with Gasteiger partial charge in [0.1, 0.15) is 0 Å². The molecular weight excluding hydrogens is 494 g/mol. The van der Waals surface area contributed by atoms with E-state index in [1.165, 1.54) is 6.42 Å². The summed E-state index contributed by atoms with van der Waals surface area (Å²) in [6, 6.07) is 22.4. The minimum Gasteiger partial charge on any atom is -0.355 e. The lowest BCUT2D eigenvalue weighted by Crippen LogP contribution is -2.35. The van der Waals surface area contributed by atoms with Gasteiger partial charge in [-0.3, -0.25) is 4.79 Å². The number of nitrogens with zero attached hydrogens (tertiary/aromatic N) is 2. The van der Waals surface area contributed by atoms with Gasteiger partial charge in [-0.15, -0.1) is 0 Å². The van der Waals surface area contributed by atoms with Gasteiger partial charge < -0.3 is 15.3 Å². The molecule has 1 aliphatic carbocycles. The quantitative estimate of drug-likeness (QED) is 0.217. The van der Waals surface area contributed by atoms with Crippen LogP contribution in [0.4, 0.5) is 5.69 Å². The summed E-state index contributed by atoms with van der Waals surface area (Å²) in [6.07, 6.45) is 13.4. The number of para-hydroxylation sites is 1. The fraction of sp³-hybridized carbons (Fsp3) is 0.206. The van der Waals surface area contributed by atoms with Crippen LogP contribution >= 0.6 is 0 Å². The predicted octanol–water partition coefficient (Wildman–Crippen LogP) is 8.23. The Morgan fingerprint density at radius 2 is 1.38 bits per heavy atom. The topological polar surface area (TPSA) is 86.5 Å². The van der Waals surface area contributed by atoms with Crippen molar-refractivity contribution in [2.75, 3.05) is 5.32 Å². The van der Waals surface area contributed by atoms with Gasteiger partial charge in [-0.25, -0.2) is 9.97 Å². The average Bonchev–Trinajstić information content (AvgIpc) is 3.76. The Bertz CT molecular complexity index is 1850. The molecule has 4 aromatic rings. The fourth-order valence-electron chi connectivity index (χ4n) is 5.93. The third kappa shape index (κ3) is 4.66. The maximum Gasteiger partial charge on any atom is 0.230 e. The summed E-state index contributed by atoms with van der Waals surface area (Å²) in [5.74, 6) is 0.0934. The maximum atomic E-state index is 13.6. The van der Waals surface area contributed by atoms with Crippen molar-refractivity contribution in [1.82, 2.24) is 19.9 Å². The monoisotopic (exact) mass is 525 g/mol. The summed E-state index contributed by atoms with van der Waals surface area (Å²) in [7, 11) is 0. The van der Waals surface area contributed by atoms with E-state index in [0.717, 1.165) is 87.3 Å². The van der Waals surface area contributed by atoms with Gasteiger partial charge in [-0.05, 0) is 85.7 Å². The van der Waals surface area contributed by atoms with E-state index in [-0.39, 0.29) is 11.3 Å². The first-order chi connectivity index (χ1) is 19.5. The molecule has 198 valence electrons. The van der Waals surface area contributed by atoms with Gasteiger partial charge in [0.05, 0.1) is 22.8 Å². The Labute approximate surface area is 232 Å². The second kappa shape index (κ2) is 9.79. The lowest BCUT2D eigenvalue weighted by Gasteiger charge is -2.32. The molecule has 5 heterocycles. The molecule has 7 rings (SSSR count). The highest BCUT2D eigenvalue weighted by Crippen LogP contribution is 2.39. The molecule has 1 amide bonds. The van der Waals surface area contributed by atoms with Crippen LogP contribution in [0.3, 0.4) is 0 Å². The average molecular weight is 526 g/mol. The SMILES string of the molecule is CC1(C(=O)Nc2ccccc2-c2c3nc(cc4ccc(cc5nc(cc6ccc2[nH]6)C=C5)[nH]4)C=C3)CCCCC1. The number of benzene rings is 1. The third-order valence-electron chi connectivity index (χ3n) is 8.17. The Balaban J connectivity index is 1.44. The summed E-state index contributed by atoms with van der Waals surface area (Å²) in [4.78, 5) is 30.4. The number of rotatable bonds is 3. The standard InChI is InChI=1S/C34H31N5O/c1-34(17-5-2-6-18-34)33(40)39-29-8-4-3-7-28(29)32-30-15-13-26(37-30)20-24-11-9-22(35-24)19-23-10-12-25(36-23)21-27-14-16-31(32)38-27/h3-4,7-16,19-21,35,38H,2,5-6,17-18H2,1H3,(H,39,40). The minimum atomic E-state index is -0.344. The molecule has 3 N–H and O–H groups in total. The van der Waals surface area contributed by atoms with Crippen LogP contribution in [-0.4, -0.2) is 25.8 Å². The van der Waals surface area contributed by atoms with Gasteiger partial charge in [-0.1, -0.05) is 44.4 Å². The number of carbonyl (C=O) groups excluding carboxylic acids is 1. The van der Waals surface area contributed by atoms with E-state index in [2.05, 4.69) is 40.4 Å². The number of H-pyrrole nitrogens is 2. The van der Waals surface area contributed by atoms with E-state index >= 15 is 0 Å². The predicted molar refractivity (Wildman–Crippen MR) is 164 cm³/mol. The molecule has 2 aliphatic heterocycles. The zero-order valence-corrected chi connectivity index (χ0v) is 22.5. The number of aromatic nitrogens is 4. The summed E-state index contributed by atoms with van der Waals surface area (Å²) < 4.78 is 0. The van der Waals surface area contributed by atoms with Crippen LogP contribution < -0.4 is 5.32 Å². The second-order valence-corrected chi connectivity index (χ2v) is 11.2. The maximum absolute atomic E-state index is 13.6. The molecule has 1 aromatic carbocycles. The molecule has 0 unspecified atom stereocenters. The zero-order valence-electron chi connectivity index (χ0n) is 22.5. The molecule has 1 saturated carbocycles. The number of anilines is 1. The van der Waals surface area contributed by atoms with E-state index in [1.807, 2.05) is 72.8 Å². The molecule has 0 atom stereocenters. The van der Waals surface area contributed by atoms with Gasteiger partial charge in [0.2, 0.25) is 5.91 Å². The van der Waals surface area contributed by atoms with Crippen molar-refractivity contribution in [1.29, 1.82) is 0 Å². The molecule has 40 heavy (non-hydrogen) atoms. The van der Waals surface area contributed by atoms with E-state index in [1.54, 1.807) is 0 Å². The molecule has 0 radical (unpaired) electrons. The van der Waals surface area contributed by atoms with Crippen LogP contribution in [0.2, 0.25) is 0 Å². The van der Waals surface area contributed by atoms with Crippen LogP contribution in [0.25, 0.3) is 57.5 Å². The van der Waals surface area contributed by atoms with Gasteiger partial charge in [0, 0.05) is 44.3 Å². The van der Waals surface area contributed by atoms with Crippen molar-refractivity contribution in [2.45, 2.75) is 39.0 Å². The Morgan fingerprint density at radius 1 is 0.750 bits per heavy atom. The summed E-state index contributed by atoms with van der Waals surface area (Å²) in [6.45, 7) is 2.10. The number of fused-ring (bicyclic) bond motifs is 8. The first kappa shape index (κ1) is 24.3. The number of hydrogen-bond donors (Lipinski definition) is 3. The van der Waals surface area contributed by atoms with E-state index < -0.39 is 0 Å². The molecule has 3 aromatic heterocycles. The van der Waals surface area contributed by atoms with Gasteiger partial charge in [0.25, 0.3) is 0 Å². The van der Waals surface area contributed by atoms with E-state index in [9.17, 15) is 4.79 Å². The number of hydrogen-bond acceptors (Lipinski definition) is 3. The van der Waals surface area contributed by atoms with Crippen LogP contribution in [-0.2, 0) is 4.79 Å². The summed E-state index contributed by atoms with van der Waals surface area (Å²) in [5.41, 5.74) is 9.62. The first-order valence-electron chi connectivity index (χ1n) is 14.0. The highest BCUT2D eigenvalue weighted by atomic mass is 16.2. The van der Waals surface area contributed by atoms with Gasteiger partial charge in [0.15, 0.2) is 0 Å². The molecular formula is C34H31N5O. The Morgan fingerprint density at radius 3 is 2.12 bits per heavy atom. The van der Waals surface area contributed by atoms with Crippen molar-refractivity contribution >= 4 is 58.0 Å². The molecule has 3 aliphatic rings. The number of carbonyl (C=O) groups is 1. The number of nitrogens with one attached hydrogen (secondary N) is 3. The highest BCUT2D eigenvalue weighted by molar-refractivity contribution is 6.02. The molecule has 6 heteroatoms. The van der Waals surface area contributed by atoms with Crippen LogP contribution in [0.15, 0.2) is 66.7 Å². The Hall–Kier alpha value is -4.71. The fourth-order valence-corrected chi connectivity index (χ4v) is 5.93. The molecule has 8 bridgehead atoms. The normalized spacial score (nSPS) is 15.7. The minimum absolute atomic E-state index is 0.0934. The zero-order chi connectivity index (χ0) is 27.1. The summed E-state index contributed by atoms with van der Waals surface area (Å²) >= 11 is 0. The van der Waals surface area contributed by atoms with Crippen molar-refractivity contribution in [2.24, 2.45) is 5.41 Å². The van der Waals surface area contributed by atoms with Gasteiger partial charge in [-0.2, -0.15) is 0 Å². The largest absolute Gasteiger partial charge is 0.355 e. The summed E-state index contributed by atoms with van der Waals surface area (Å²) in [5, 5.41) is 3.30. The van der Waals surface area contributed by atoms with Gasteiger partial charge >= 0.3 is 0 Å². The molecule has 1 fully saturated rings.